The van der Waals surface area contributed by atoms with Crippen molar-refractivity contribution in [3.8, 4) is 5.75 Å². The zero-order valence-corrected chi connectivity index (χ0v) is 12.9. The van der Waals surface area contributed by atoms with Gasteiger partial charge in [-0.15, -0.1) is 0 Å². The van der Waals surface area contributed by atoms with Gasteiger partial charge in [-0.05, 0) is 38.7 Å². The summed E-state index contributed by atoms with van der Waals surface area (Å²) in [6.07, 6.45) is 4.78. The maximum atomic E-state index is 9.53. The molecule has 20 heavy (non-hydrogen) atoms. The Hall–Kier alpha value is -1.06. The van der Waals surface area contributed by atoms with Crippen molar-refractivity contribution in [2.45, 2.75) is 51.6 Å². The maximum absolute atomic E-state index is 9.53. The molecular weight excluding hydrogens is 250 g/mol. The Balaban J connectivity index is 2.10. The molecule has 2 N–H and O–H groups in total. The fourth-order valence-electron chi connectivity index (χ4n) is 3.25. The van der Waals surface area contributed by atoms with Gasteiger partial charge in [-0.1, -0.05) is 30.5 Å². The molecule has 0 spiro atoms. The van der Waals surface area contributed by atoms with E-state index in [0.717, 1.165) is 18.6 Å². The molecule has 0 heterocycles. The van der Waals surface area contributed by atoms with Crippen LogP contribution in [0.1, 0.15) is 49.8 Å². The van der Waals surface area contributed by atoms with Gasteiger partial charge in [-0.3, -0.25) is 0 Å². The van der Waals surface area contributed by atoms with Crippen LogP contribution in [-0.4, -0.2) is 24.9 Å². The van der Waals surface area contributed by atoms with Crippen LogP contribution in [0.4, 0.5) is 0 Å². The van der Waals surface area contributed by atoms with Crippen LogP contribution in [0.15, 0.2) is 18.2 Å². The molecule has 3 heteroatoms. The van der Waals surface area contributed by atoms with E-state index in [9.17, 15) is 5.11 Å². The highest BCUT2D eigenvalue weighted by Crippen LogP contribution is 2.30. The molecular formula is C17H27NO2. The minimum atomic E-state index is 0.238. The highest BCUT2D eigenvalue weighted by Gasteiger charge is 2.26. The molecule has 0 amide bonds. The summed E-state index contributed by atoms with van der Waals surface area (Å²) in [7, 11) is 1.72. The quantitative estimate of drug-likeness (QED) is 0.868. The Morgan fingerprint density at radius 3 is 2.80 bits per heavy atom. The van der Waals surface area contributed by atoms with Crippen LogP contribution in [0.2, 0.25) is 0 Å². The second-order valence-corrected chi connectivity index (χ2v) is 5.97. The van der Waals surface area contributed by atoms with Crippen molar-refractivity contribution < 1.29 is 9.84 Å². The predicted molar refractivity (Wildman–Crippen MR) is 82.1 cm³/mol. The standard InChI is InChI=1S/C17H27NO2/c1-12-8-9-17(20-3)15(10-12)13(2)18-16-7-5-4-6-14(16)11-19/h8-10,13-14,16,18-19H,4-7,11H2,1-3H3. The summed E-state index contributed by atoms with van der Waals surface area (Å²) in [5, 5.41) is 13.2. The molecule has 3 atom stereocenters. The minimum absolute atomic E-state index is 0.238. The number of rotatable bonds is 5. The van der Waals surface area contributed by atoms with Crippen LogP contribution >= 0.6 is 0 Å². The van der Waals surface area contributed by atoms with Gasteiger partial charge in [0, 0.05) is 24.3 Å². The first-order chi connectivity index (χ1) is 9.65. The van der Waals surface area contributed by atoms with Crippen molar-refractivity contribution in [3.63, 3.8) is 0 Å². The molecule has 2 rings (SSSR count). The fourth-order valence-corrected chi connectivity index (χ4v) is 3.25. The van der Waals surface area contributed by atoms with Gasteiger partial charge in [0.1, 0.15) is 5.75 Å². The summed E-state index contributed by atoms with van der Waals surface area (Å²) in [6.45, 7) is 4.57. The van der Waals surface area contributed by atoms with E-state index >= 15 is 0 Å². The van der Waals surface area contributed by atoms with Gasteiger partial charge >= 0.3 is 0 Å². The molecule has 1 aromatic rings. The molecule has 0 aliphatic heterocycles. The second-order valence-electron chi connectivity index (χ2n) is 5.97. The summed E-state index contributed by atoms with van der Waals surface area (Å²) in [5.41, 5.74) is 2.45. The summed E-state index contributed by atoms with van der Waals surface area (Å²) in [5.74, 6) is 1.33. The predicted octanol–water partition coefficient (Wildman–Crippen LogP) is 3.21. The first-order valence-corrected chi connectivity index (χ1v) is 7.67. The summed E-state index contributed by atoms with van der Waals surface area (Å²) in [6, 6.07) is 6.95. The third-order valence-corrected chi connectivity index (χ3v) is 4.46. The van der Waals surface area contributed by atoms with Crippen LogP contribution in [0.3, 0.4) is 0 Å². The lowest BCUT2D eigenvalue weighted by Gasteiger charge is -2.33. The van der Waals surface area contributed by atoms with Crippen LogP contribution in [0, 0.1) is 12.8 Å². The van der Waals surface area contributed by atoms with Crippen molar-refractivity contribution in [1.29, 1.82) is 0 Å². The highest BCUT2D eigenvalue weighted by molar-refractivity contribution is 5.38. The lowest BCUT2D eigenvalue weighted by Crippen LogP contribution is -2.41. The van der Waals surface area contributed by atoms with Gasteiger partial charge in [-0.2, -0.15) is 0 Å². The van der Waals surface area contributed by atoms with E-state index in [0.29, 0.717) is 12.0 Å². The fraction of sp³-hybridized carbons (Fsp3) is 0.647. The average molecular weight is 277 g/mol. The van der Waals surface area contributed by atoms with Gasteiger partial charge in [-0.25, -0.2) is 0 Å². The van der Waals surface area contributed by atoms with E-state index in [1.54, 1.807) is 7.11 Å². The average Bonchev–Trinajstić information content (AvgIpc) is 2.47. The molecule has 1 aliphatic rings. The summed E-state index contributed by atoms with van der Waals surface area (Å²) >= 11 is 0. The van der Waals surface area contributed by atoms with Crippen LogP contribution in [0.25, 0.3) is 0 Å². The Labute approximate surface area is 122 Å². The third-order valence-electron chi connectivity index (χ3n) is 4.46. The molecule has 0 aromatic heterocycles. The van der Waals surface area contributed by atoms with E-state index in [1.807, 2.05) is 6.07 Å². The van der Waals surface area contributed by atoms with Crippen molar-refractivity contribution in [2.24, 2.45) is 5.92 Å². The molecule has 3 nitrogen and oxygen atoms in total. The van der Waals surface area contributed by atoms with Crippen molar-refractivity contribution in [3.05, 3.63) is 29.3 Å². The van der Waals surface area contributed by atoms with E-state index < -0.39 is 0 Å². The number of aliphatic hydroxyl groups excluding tert-OH is 1. The van der Waals surface area contributed by atoms with E-state index in [2.05, 4.69) is 31.3 Å². The van der Waals surface area contributed by atoms with Gasteiger partial charge < -0.3 is 15.2 Å². The monoisotopic (exact) mass is 277 g/mol. The molecule has 1 aliphatic carbocycles. The number of aryl methyl sites for hydroxylation is 1. The Morgan fingerprint density at radius 1 is 1.35 bits per heavy atom. The number of aliphatic hydroxyl groups is 1. The lowest BCUT2D eigenvalue weighted by molar-refractivity contribution is 0.147. The zero-order chi connectivity index (χ0) is 14.5. The van der Waals surface area contributed by atoms with Gasteiger partial charge in [0.25, 0.3) is 0 Å². The first-order valence-electron chi connectivity index (χ1n) is 7.67. The Kier molecular flexibility index (Phi) is 5.44. The molecule has 112 valence electrons. The van der Waals surface area contributed by atoms with Crippen molar-refractivity contribution in [1.82, 2.24) is 5.32 Å². The summed E-state index contributed by atoms with van der Waals surface area (Å²) < 4.78 is 5.47. The molecule has 0 saturated heterocycles. The van der Waals surface area contributed by atoms with Gasteiger partial charge in [0.05, 0.1) is 7.11 Å². The topological polar surface area (TPSA) is 41.5 Å². The molecule has 1 aromatic carbocycles. The summed E-state index contributed by atoms with van der Waals surface area (Å²) in [4.78, 5) is 0. The Bertz CT molecular complexity index is 433. The minimum Gasteiger partial charge on any atom is -0.496 e. The van der Waals surface area contributed by atoms with E-state index in [4.69, 9.17) is 4.74 Å². The molecule has 1 saturated carbocycles. The van der Waals surface area contributed by atoms with Crippen LogP contribution < -0.4 is 10.1 Å². The smallest absolute Gasteiger partial charge is 0.123 e. The lowest BCUT2D eigenvalue weighted by atomic mass is 9.84. The molecule has 0 bridgehead atoms. The van der Waals surface area contributed by atoms with Crippen LogP contribution in [0.5, 0.6) is 5.75 Å². The number of hydrogen-bond acceptors (Lipinski definition) is 3. The van der Waals surface area contributed by atoms with Crippen molar-refractivity contribution in [2.75, 3.05) is 13.7 Å². The molecule has 0 radical (unpaired) electrons. The van der Waals surface area contributed by atoms with E-state index in [1.165, 1.54) is 24.0 Å². The zero-order valence-electron chi connectivity index (χ0n) is 12.9. The van der Waals surface area contributed by atoms with Gasteiger partial charge in [0.15, 0.2) is 0 Å². The molecule has 3 unspecified atom stereocenters. The number of hydrogen-bond donors (Lipinski definition) is 2. The highest BCUT2D eigenvalue weighted by atomic mass is 16.5. The Morgan fingerprint density at radius 2 is 2.10 bits per heavy atom. The number of methoxy groups -OCH3 is 1. The first kappa shape index (κ1) is 15.3. The SMILES string of the molecule is COc1ccc(C)cc1C(C)NC1CCCCC1CO. The number of benzene rings is 1. The number of nitrogens with one attached hydrogen (secondary N) is 1. The third kappa shape index (κ3) is 3.53. The van der Waals surface area contributed by atoms with Crippen molar-refractivity contribution >= 4 is 0 Å². The molecule has 1 fully saturated rings. The largest absolute Gasteiger partial charge is 0.496 e. The maximum Gasteiger partial charge on any atom is 0.123 e. The normalized spacial score (nSPS) is 24.4. The number of ether oxygens (including phenoxy) is 1. The van der Waals surface area contributed by atoms with Gasteiger partial charge in [0.2, 0.25) is 0 Å². The second kappa shape index (κ2) is 7.09. The van der Waals surface area contributed by atoms with Crippen LogP contribution in [-0.2, 0) is 0 Å². The van der Waals surface area contributed by atoms with E-state index in [-0.39, 0.29) is 12.6 Å².